The Kier molecular flexibility index (Phi) is 4.80. The molecule has 0 atom stereocenters. The SMILES string of the molecule is Cc1cc(C(=O)NCc2cccnc2)nc(N2CCCCC2)n1. The zero-order valence-electron chi connectivity index (χ0n) is 13.3. The number of pyridine rings is 1. The van der Waals surface area contributed by atoms with Gasteiger partial charge in [-0.15, -0.1) is 0 Å². The Morgan fingerprint density at radius 1 is 1.26 bits per heavy atom. The van der Waals surface area contributed by atoms with Gasteiger partial charge in [0.05, 0.1) is 0 Å². The molecule has 1 amide bonds. The second-order valence-electron chi connectivity index (χ2n) is 5.79. The number of nitrogens with one attached hydrogen (secondary N) is 1. The molecule has 2 aromatic rings. The molecular formula is C17H21N5O. The van der Waals surface area contributed by atoms with E-state index >= 15 is 0 Å². The Morgan fingerprint density at radius 3 is 2.83 bits per heavy atom. The van der Waals surface area contributed by atoms with Gasteiger partial charge in [0, 0.05) is 37.7 Å². The highest BCUT2D eigenvalue weighted by atomic mass is 16.1. The summed E-state index contributed by atoms with van der Waals surface area (Å²) < 4.78 is 0. The summed E-state index contributed by atoms with van der Waals surface area (Å²) in [6, 6.07) is 5.51. The van der Waals surface area contributed by atoms with Gasteiger partial charge < -0.3 is 10.2 Å². The minimum absolute atomic E-state index is 0.183. The first-order valence-corrected chi connectivity index (χ1v) is 8.00. The average Bonchev–Trinajstić information content (AvgIpc) is 2.61. The molecule has 6 nitrogen and oxygen atoms in total. The summed E-state index contributed by atoms with van der Waals surface area (Å²) in [6.45, 7) is 4.25. The van der Waals surface area contributed by atoms with E-state index in [0.29, 0.717) is 18.2 Å². The van der Waals surface area contributed by atoms with E-state index in [2.05, 4.69) is 25.2 Å². The molecule has 1 aliphatic heterocycles. The van der Waals surface area contributed by atoms with Gasteiger partial charge in [0.2, 0.25) is 5.95 Å². The number of amides is 1. The van der Waals surface area contributed by atoms with Crippen LogP contribution in [0.4, 0.5) is 5.95 Å². The molecule has 1 N–H and O–H groups in total. The van der Waals surface area contributed by atoms with Crippen LogP contribution in [-0.4, -0.2) is 33.9 Å². The molecule has 1 saturated heterocycles. The van der Waals surface area contributed by atoms with Crippen molar-refractivity contribution in [3.8, 4) is 0 Å². The van der Waals surface area contributed by atoms with Crippen LogP contribution in [0.1, 0.15) is 41.0 Å². The van der Waals surface area contributed by atoms with Gasteiger partial charge in [-0.2, -0.15) is 0 Å². The fraction of sp³-hybridized carbons (Fsp3) is 0.412. The van der Waals surface area contributed by atoms with Crippen molar-refractivity contribution in [2.75, 3.05) is 18.0 Å². The molecule has 3 rings (SSSR count). The third-order valence-corrected chi connectivity index (χ3v) is 3.89. The summed E-state index contributed by atoms with van der Waals surface area (Å²) in [5.74, 6) is 0.480. The summed E-state index contributed by atoms with van der Waals surface area (Å²) in [7, 11) is 0. The fourth-order valence-electron chi connectivity index (χ4n) is 2.68. The van der Waals surface area contributed by atoms with Crippen molar-refractivity contribution in [1.29, 1.82) is 0 Å². The van der Waals surface area contributed by atoms with Crippen molar-refractivity contribution in [2.24, 2.45) is 0 Å². The lowest BCUT2D eigenvalue weighted by molar-refractivity contribution is 0.0945. The third kappa shape index (κ3) is 4.03. The number of hydrogen-bond acceptors (Lipinski definition) is 5. The topological polar surface area (TPSA) is 71.0 Å². The summed E-state index contributed by atoms with van der Waals surface area (Å²) >= 11 is 0. The van der Waals surface area contributed by atoms with E-state index in [1.165, 1.54) is 6.42 Å². The number of anilines is 1. The molecule has 3 heterocycles. The van der Waals surface area contributed by atoms with Gasteiger partial charge in [-0.1, -0.05) is 6.07 Å². The van der Waals surface area contributed by atoms with Gasteiger partial charge in [-0.05, 0) is 43.9 Å². The van der Waals surface area contributed by atoms with E-state index in [4.69, 9.17) is 0 Å². The molecule has 0 saturated carbocycles. The molecule has 0 aliphatic carbocycles. The third-order valence-electron chi connectivity index (χ3n) is 3.89. The number of rotatable bonds is 4. The molecule has 0 radical (unpaired) electrons. The molecule has 0 bridgehead atoms. The van der Waals surface area contributed by atoms with Crippen molar-refractivity contribution < 1.29 is 4.79 Å². The maximum Gasteiger partial charge on any atom is 0.270 e. The Labute approximate surface area is 136 Å². The largest absolute Gasteiger partial charge is 0.347 e. The van der Waals surface area contributed by atoms with Crippen LogP contribution >= 0.6 is 0 Å². The van der Waals surface area contributed by atoms with E-state index in [0.717, 1.165) is 37.2 Å². The Hall–Kier alpha value is -2.50. The molecule has 0 aromatic carbocycles. The lowest BCUT2D eigenvalue weighted by Crippen LogP contribution is -2.32. The number of nitrogens with zero attached hydrogens (tertiary/aromatic N) is 4. The lowest BCUT2D eigenvalue weighted by atomic mass is 10.1. The number of aryl methyl sites for hydroxylation is 1. The predicted octanol–water partition coefficient (Wildman–Crippen LogP) is 2.10. The first-order chi connectivity index (χ1) is 11.2. The van der Waals surface area contributed by atoms with Crippen LogP contribution in [0.2, 0.25) is 0 Å². The van der Waals surface area contributed by atoms with E-state index in [1.54, 1.807) is 18.5 Å². The van der Waals surface area contributed by atoms with Gasteiger partial charge >= 0.3 is 0 Å². The van der Waals surface area contributed by atoms with E-state index in [9.17, 15) is 4.79 Å². The molecule has 0 spiro atoms. The summed E-state index contributed by atoms with van der Waals surface area (Å²) in [5.41, 5.74) is 2.19. The van der Waals surface area contributed by atoms with E-state index < -0.39 is 0 Å². The molecule has 23 heavy (non-hydrogen) atoms. The molecule has 0 unspecified atom stereocenters. The predicted molar refractivity (Wildman–Crippen MR) is 88.2 cm³/mol. The van der Waals surface area contributed by atoms with Crippen LogP contribution in [0.25, 0.3) is 0 Å². The van der Waals surface area contributed by atoms with Crippen molar-refractivity contribution in [3.63, 3.8) is 0 Å². The molecule has 1 aliphatic rings. The van der Waals surface area contributed by atoms with Crippen LogP contribution in [-0.2, 0) is 6.54 Å². The second-order valence-corrected chi connectivity index (χ2v) is 5.79. The standard InChI is InChI=1S/C17H21N5O/c1-13-10-15(16(23)19-12-14-6-5-7-18-11-14)21-17(20-13)22-8-3-2-4-9-22/h5-7,10-11H,2-4,8-9,12H2,1H3,(H,19,23). The molecule has 6 heteroatoms. The smallest absolute Gasteiger partial charge is 0.270 e. The van der Waals surface area contributed by atoms with Crippen molar-refractivity contribution in [2.45, 2.75) is 32.7 Å². The van der Waals surface area contributed by atoms with E-state index in [1.807, 2.05) is 19.1 Å². The van der Waals surface area contributed by atoms with Gasteiger partial charge in [-0.3, -0.25) is 9.78 Å². The van der Waals surface area contributed by atoms with Crippen molar-refractivity contribution in [1.82, 2.24) is 20.3 Å². The molecule has 2 aromatic heterocycles. The van der Waals surface area contributed by atoms with Crippen LogP contribution in [0.5, 0.6) is 0 Å². The van der Waals surface area contributed by atoms with Crippen LogP contribution in [0.15, 0.2) is 30.6 Å². The van der Waals surface area contributed by atoms with Gasteiger partial charge in [0.25, 0.3) is 5.91 Å². The first-order valence-electron chi connectivity index (χ1n) is 8.00. The van der Waals surface area contributed by atoms with Gasteiger partial charge in [-0.25, -0.2) is 9.97 Å². The highest BCUT2D eigenvalue weighted by Crippen LogP contribution is 2.16. The summed E-state index contributed by atoms with van der Waals surface area (Å²) in [6.07, 6.45) is 7.01. The molecular weight excluding hydrogens is 290 g/mol. The average molecular weight is 311 g/mol. The minimum Gasteiger partial charge on any atom is -0.347 e. The Bertz CT molecular complexity index is 668. The number of carbonyl (C=O) groups excluding carboxylic acids is 1. The second kappa shape index (κ2) is 7.17. The number of hydrogen-bond donors (Lipinski definition) is 1. The number of carbonyl (C=O) groups is 1. The van der Waals surface area contributed by atoms with Gasteiger partial charge in [0.15, 0.2) is 0 Å². The maximum atomic E-state index is 12.4. The zero-order chi connectivity index (χ0) is 16.1. The van der Waals surface area contributed by atoms with E-state index in [-0.39, 0.29) is 5.91 Å². The molecule has 1 fully saturated rings. The highest BCUT2D eigenvalue weighted by Gasteiger charge is 2.17. The summed E-state index contributed by atoms with van der Waals surface area (Å²) in [5, 5.41) is 2.88. The lowest BCUT2D eigenvalue weighted by Gasteiger charge is -2.27. The normalized spacial score (nSPS) is 14.6. The monoisotopic (exact) mass is 311 g/mol. The van der Waals surface area contributed by atoms with Crippen LogP contribution in [0, 0.1) is 6.92 Å². The summed E-state index contributed by atoms with van der Waals surface area (Å²) in [4.78, 5) is 27.5. The number of piperidine rings is 1. The van der Waals surface area contributed by atoms with Crippen LogP contribution in [0.3, 0.4) is 0 Å². The fourth-order valence-corrected chi connectivity index (χ4v) is 2.68. The maximum absolute atomic E-state index is 12.4. The van der Waals surface area contributed by atoms with Crippen molar-refractivity contribution >= 4 is 11.9 Å². The zero-order valence-corrected chi connectivity index (χ0v) is 13.3. The number of aromatic nitrogens is 3. The molecule has 120 valence electrons. The minimum atomic E-state index is -0.183. The van der Waals surface area contributed by atoms with Crippen LogP contribution < -0.4 is 10.2 Å². The first kappa shape index (κ1) is 15.4. The quantitative estimate of drug-likeness (QED) is 0.936. The van der Waals surface area contributed by atoms with Crippen molar-refractivity contribution in [3.05, 3.63) is 47.5 Å². The van der Waals surface area contributed by atoms with Gasteiger partial charge in [0.1, 0.15) is 5.69 Å². The Morgan fingerprint density at radius 2 is 2.09 bits per heavy atom. The highest BCUT2D eigenvalue weighted by molar-refractivity contribution is 5.92. The Balaban J connectivity index is 1.71.